The van der Waals surface area contributed by atoms with Gasteiger partial charge in [0.15, 0.2) is 0 Å². The summed E-state index contributed by atoms with van der Waals surface area (Å²) in [5, 5.41) is 3.49. The molecule has 0 saturated heterocycles. The van der Waals surface area contributed by atoms with Crippen LogP contribution in [0.5, 0.6) is 0 Å². The number of benzene rings is 2. The van der Waals surface area contributed by atoms with E-state index in [1.165, 1.54) is 16.7 Å². The van der Waals surface area contributed by atoms with Crippen LogP contribution in [0.3, 0.4) is 0 Å². The third kappa shape index (κ3) is 5.37. The molecule has 0 heterocycles. The summed E-state index contributed by atoms with van der Waals surface area (Å²) in [7, 11) is 0. The van der Waals surface area contributed by atoms with Crippen LogP contribution in [0.4, 0.5) is 5.69 Å². The first-order valence-corrected chi connectivity index (χ1v) is 10.0. The van der Waals surface area contributed by atoms with E-state index in [1.807, 2.05) is 18.2 Å². The molecule has 0 saturated carbocycles. The maximum absolute atomic E-state index is 12.6. The Morgan fingerprint density at radius 1 is 0.880 bits per heavy atom. The van der Waals surface area contributed by atoms with Crippen molar-refractivity contribution in [2.45, 2.75) is 51.7 Å². The smallest absolute Gasteiger partial charge is 0.234 e. The molecule has 0 bridgehead atoms. The van der Waals surface area contributed by atoms with Crippen molar-refractivity contribution in [1.82, 2.24) is 0 Å². The zero-order valence-corrected chi connectivity index (χ0v) is 16.7. The molecule has 0 fully saturated rings. The van der Waals surface area contributed by atoms with Crippen LogP contribution >= 0.6 is 11.8 Å². The molecular formula is C22H29NOS. The fraction of sp³-hybridized carbons (Fsp3) is 0.409. The van der Waals surface area contributed by atoms with Crippen molar-refractivity contribution in [3.8, 4) is 0 Å². The summed E-state index contributed by atoms with van der Waals surface area (Å²) < 4.78 is 0. The van der Waals surface area contributed by atoms with Crippen molar-refractivity contribution in [2.24, 2.45) is 0 Å². The van der Waals surface area contributed by atoms with Gasteiger partial charge in [-0.05, 0) is 35.4 Å². The first kappa shape index (κ1) is 19.6. The van der Waals surface area contributed by atoms with E-state index in [9.17, 15) is 4.79 Å². The molecule has 2 nitrogen and oxygen atoms in total. The van der Waals surface area contributed by atoms with Crippen molar-refractivity contribution in [3.05, 3.63) is 65.2 Å². The van der Waals surface area contributed by atoms with Gasteiger partial charge in [-0.3, -0.25) is 4.79 Å². The number of hydrogen-bond donors (Lipinski definition) is 1. The molecule has 2 aromatic rings. The Balaban J connectivity index is 2.07. The fourth-order valence-corrected chi connectivity index (χ4v) is 3.71. The molecule has 0 aliphatic carbocycles. The largest absolute Gasteiger partial charge is 0.325 e. The van der Waals surface area contributed by atoms with Crippen LogP contribution in [-0.2, 0) is 4.79 Å². The Hall–Kier alpha value is -1.74. The van der Waals surface area contributed by atoms with Crippen LogP contribution in [0.25, 0.3) is 0 Å². The highest BCUT2D eigenvalue weighted by molar-refractivity contribution is 8.00. The Morgan fingerprint density at radius 2 is 1.44 bits per heavy atom. The van der Waals surface area contributed by atoms with E-state index in [1.54, 1.807) is 11.8 Å². The molecule has 25 heavy (non-hydrogen) atoms. The maximum Gasteiger partial charge on any atom is 0.234 e. The van der Waals surface area contributed by atoms with Gasteiger partial charge in [-0.25, -0.2) is 0 Å². The van der Waals surface area contributed by atoms with E-state index in [0.29, 0.717) is 22.8 Å². The molecular weight excluding hydrogens is 326 g/mol. The second-order valence-corrected chi connectivity index (χ2v) is 8.36. The number of carbonyl (C=O) groups is 1. The molecule has 1 N–H and O–H groups in total. The van der Waals surface area contributed by atoms with Gasteiger partial charge in [0.1, 0.15) is 0 Å². The monoisotopic (exact) mass is 355 g/mol. The molecule has 134 valence electrons. The molecule has 1 atom stereocenters. The zero-order chi connectivity index (χ0) is 18.4. The Morgan fingerprint density at radius 3 is 1.96 bits per heavy atom. The highest BCUT2D eigenvalue weighted by atomic mass is 32.2. The van der Waals surface area contributed by atoms with Crippen LogP contribution in [0.1, 0.15) is 68.4 Å². The van der Waals surface area contributed by atoms with E-state index >= 15 is 0 Å². The molecule has 1 amide bonds. The van der Waals surface area contributed by atoms with E-state index in [4.69, 9.17) is 0 Å². The number of thioether (sulfide) groups is 1. The van der Waals surface area contributed by atoms with Crippen molar-refractivity contribution in [1.29, 1.82) is 0 Å². The molecule has 0 radical (unpaired) electrons. The molecule has 0 aliphatic heterocycles. The number of hydrogen-bond acceptors (Lipinski definition) is 2. The second kappa shape index (κ2) is 9.10. The van der Waals surface area contributed by atoms with E-state index < -0.39 is 0 Å². The summed E-state index contributed by atoms with van der Waals surface area (Å²) in [5.74, 6) is 1.29. The molecule has 0 spiro atoms. The Kier molecular flexibility index (Phi) is 7.12. The molecule has 0 aromatic heterocycles. The first-order valence-electron chi connectivity index (χ1n) is 8.99. The normalized spacial score (nSPS) is 12.4. The van der Waals surface area contributed by atoms with Crippen LogP contribution in [-0.4, -0.2) is 11.7 Å². The Bertz CT molecular complexity index is 668. The lowest BCUT2D eigenvalue weighted by molar-refractivity contribution is -0.113. The minimum atomic E-state index is 0.0720. The number of carbonyl (C=O) groups excluding carboxylic acids is 1. The first-order chi connectivity index (χ1) is 11.9. The number of amides is 1. The molecule has 3 heteroatoms. The SMILES string of the molecule is CC(C)c1cccc(C(C)C)c1NC(=O)CS[C@@H](C)c1ccccc1. The maximum atomic E-state index is 12.6. The lowest BCUT2D eigenvalue weighted by atomic mass is 9.92. The average molecular weight is 356 g/mol. The van der Waals surface area contributed by atoms with Gasteiger partial charge in [-0.1, -0.05) is 76.2 Å². The average Bonchev–Trinajstić information content (AvgIpc) is 2.60. The van der Waals surface area contributed by atoms with Crippen LogP contribution in [0.15, 0.2) is 48.5 Å². The van der Waals surface area contributed by atoms with Crippen LogP contribution in [0, 0.1) is 0 Å². The summed E-state index contributed by atoms with van der Waals surface area (Å²) in [5.41, 5.74) is 4.68. The topological polar surface area (TPSA) is 29.1 Å². The highest BCUT2D eigenvalue weighted by Crippen LogP contribution is 2.33. The quantitative estimate of drug-likeness (QED) is 0.625. The predicted octanol–water partition coefficient (Wildman–Crippen LogP) is 6.37. The number of para-hydroxylation sites is 1. The highest BCUT2D eigenvalue weighted by Gasteiger charge is 2.16. The lowest BCUT2D eigenvalue weighted by Gasteiger charge is -2.20. The van der Waals surface area contributed by atoms with Crippen molar-refractivity contribution >= 4 is 23.4 Å². The van der Waals surface area contributed by atoms with Gasteiger partial charge in [-0.15, -0.1) is 11.8 Å². The zero-order valence-electron chi connectivity index (χ0n) is 15.9. The van der Waals surface area contributed by atoms with Crippen molar-refractivity contribution in [3.63, 3.8) is 0 Å². The Labute approximate surface area is 156 Å². The van der Waals surface area contributed by atoms with Gasteiger partial charge in [0, 0.05) is 10.9 Å². The van der Waals surface area contributed by atoms with E-state index in [-0.39, 0.29) is 5.91 Å². The number of rotatable bonds is 7. The van der Waals surface area contributed by atoms with Gasteiger partial charge in [-0.2, -0.15) is 0 Å². The summed E-state index contributed by atoms with van der Waals surface area (Å²) in [6.45, 7) is 10.8. The summed E-state index contributed by atoms with van der Waals surface area (Å²) in [4.78, 5) is 12.6. The van der Waals surface area contributed by atoms with E-state index in [2.05, 4.69) is 70.3 Å². The predicted molar refractivity (Wildman–Crippen MR) is 111 cm³/mol. The minimum Gasteiger partial charge on any atom is -0.325 e. The van der Waals surface area contributed by atoms with Crippen LogP contribution < -0.4 is 5.32 Å². The summed E-state index contributed by atoms with van der Waals surface area (Å²) in [6.07, 6.45) is 0. The molecule has 2 aromatic carbocycles. The van der Waals surface area contributed by atoms with Gasteiger partial charge in [0.2, 0.25) is 5.91 Å². The van der Waals surface area contributed by atoms with E-state index in [0.717, 1.165) is 5.69 Å². The lowest BCUT2D eigenvalue weighted by Crippen LogP contribution is -2.18. The van der Waals surface area contributed by atoms with Gasteiger partial charge < -0.3 is 5.32 Å². The summed E-state index contributed by atoms with van der Waals surface area (Å²) in [6, 6.07) is 16.6. The second-order valence-electron chi connectivity index (χ2n) is 7.03. The third-order valence-corrected chi connectivity index (χ3v) is 5.57. The summed E-state index contributed by atoms with van der Waals surface area (Å²) >= 11 is 1.67. The third-order valence-electron chi connectivity index (χ3n) is 4.37. The number of nitrogens with one attached hydrogen (secondary N) is 1. The van der Waals surface area contributed by atoms with Crippen molar-refractivity contribution in [2.75, 3.05) is 11.1 Å². The standard InChI is InChI=1S/C22H29NOS/c1-15(2)19-12-9-13-20(16(3)4)22(19)23-21(24)14-25-17(5)18-10-7-6-8-11-18/h6-13,15-17H,14H2,1-5H3,(H,23,24)/t17-/m0/s1. The fourth-order valence-electron chi connectivity index (χ4n) is 2.89. The van der Waals surface area contributed by atoms with Gasteiger partial charge >= 0.3 is 0 Å². The van der Waals surface area contributed by atoms with Crippen molar-refractivity contribution < 1.29 is 4.79 Å². The molecule has 0 aliphatic rings. The minimum absolute atomic E-state index is 0.0720. The van der Waals surface area contributed by atoms with Gasteiger partial charge in [0.05, 0.1) is 5.75 Å². The molecule has 2 rings (SSSR count). The van der Waals surface area contributed by atoms with Gasteiger partial charge in [0.25, 0.3) is 0 Å². The molecule has 0 unspecified atom stereocenters. The number of anilines is 1. The van der Waals surface area contributed by atoms with Crippen LogP contribution in [0.2, 0.25) is 0 Å².